The number of aryl methyl sites for hydroxylation is 1. The first-order valence-corrected chi connectivity index (χ1v) is 10.8. The lowest BCUT2D eigenvalue weighted by molar-refractivity contribution is -0.137. The van der Waals surface area contributed by atoms with Crippen molar-refractivity contribution < 1.29 is 17.7 Å². The Bertz CT molecular complexity index is 1440. The van der Waals surface area contributed by atoms with Crippen LogP contribution in [0.2, 0.25) is 0 Å². The number of rotatable bonds is 4. The molecule has 13 heteroatoms. The summed E-state index contributed by atoms with van der Waals surface area (Å²) in [7, 11) is 1.72. The molecule has 5 heterocycles. The third-order valence-electron chi connectivity index (χ3n) is 6.75. The van der Waals surface area contributed by atoms with Crippen molar-refractivity contribution in [2.24, 2.45) is 13.0 Å². The van der Waals surface area contributed by atoms with Crippen molar-refractivity contribution in [3.63, 3.8) is 0 Å². The van der Waals surface area contributed by atoms with Crippen molar-refractivity contribution in [1.82, 2.24) is 34.2 Å². The molecule has 1 aliphatic heterocycles. The van der Waals surface area contributed by atoms with E-state index in [9.17, 15) is 18.0 Å². The van der Waals surface area contributed by atoms with Crippen molar-refractivity contribution in [3.05, 3.63) is 58.7 Å². The maximum absolute atomic E-state index is 13.1. The van der Waals surface area contributed by atoms with Gasteiger partial charge in [0.05, 0.1) is 23.8 Å². The average molecular weight is 472 g/mol. The molecule has 10 nitrogen and oxygen atoms in total. The lowest BCUT2D eigenvalue weighted by atomic mass is 9.93. The summed E-state index contributed by atoms with van der Waals surface area (Å²) in [5, 5.41) is 4.14. The molecule has 0 radical (unpaired) electrons. The number of nitrogens with zero attached hydrogens (tertiary/aromatic N) is 8. The summed E-state index contributed by atoms with van der Waals surface area (Å²) >= 11 is 0. The van der Waals surface area contributed by atoms with Gasteiger partial charge in [-0.15, -0.1) is 0 Å². The minimum atomic E-state index is -4.43. The lowest BCUT2D eigenvalue weighted by Gasteiger charge is -2.32. The quantitative estimate of drug-likeness (QED) is 0.446. The second-order valence-electron chi connectivity index (χ2n) is 8.83. The van der Waals surface area contributed by atoms with Crippen molar-refractivity contribution in [2.75, 3.05) is 11.4 Å². The number of hydrogen-bond acceptors (Lipinski definition) is 8. The fraction of sp³-hybridized carbons (Fsp3) is 0.429. The number of imidazole rings is 1. The molecular formula is C21H19F3N8O2. The molecule has 0 spiro atoms. The van der Waals surface area contributed by atoms with Gasteiger partial charge < -0.3 is 14.0 Å². The minimum Gasteiger partial charge on any atom is -0.367 e. The Labute approximate surface area is 190 Å². The second kappa shape index (κ2) is 7.37. The Kier molecular flexibility index (Phi) is 4.51. The Morgan fingerprint density at radius 3 is 2.76 bits per heavy atom. The van der Waals surface area contributed by atoms with Gasteiger partial charge in [0, 0.05) is 31.7 Å². The van der Waals surface area contributed by atoms with E-state index in [0.29, 0.717) is 41.5 Å². The summed E-state index contributed by atoms with van der Waals surface area (Å²) in [4.78, 5) is 31.3. The summed E-state index contributed by atoms with van der Waals surface area (Å²) < 4.78 is 47.6. The third kappa shape index (κ3) is 3.33. The first-order chi connectivity index (χ1) is 16.3. The van der Waals surface area contributed by atoms with Gasteiger partial charge >= 0.3 is 6.18 Å². The van der Waals surface area contributed by atoms with Crippen molar-refractivity contribution in [1.29, 1.82) is 0 Å². The molecule has 6 rings (SSSR count). The van der Waals surface area contributed by atoms with Gasteiger partial charge in [-0.25, -0.2) is 9.97 Å². The molecule has 1 aliphatic carbocycles. The third-order valence-corrected chi connectivity index (χ3v) is 6.75. The molecule has 2 bridgehead atoms. The van der Waals surface area contributed by atoms with Crippen LogP contribution < -0.4 is 10.5 Å². The number of alkyl halides is 3. The largest absolute Gasteiger partial charge is 0.417 e. The summed E-state index contributed by atoms with van der Waals surface area (Å²) in [6.45, 7) is 0.686. The van der Waals surface area contributed by atoms with Crippen LogP contribution in [0.4, 0.5) is 18.9 Å². The molecule has 1 saturated carbocycles. The number of halogens is 3. The Morgan fingerprint density at radius 2 is 2.00 bits per heavy atom. The van der Waals surface area contributed by atoms with Crippen LogP contribution in [0.5, 0.6) is 0 Å². The summed E-state index contributed by atoms with van der Waals surface area (Å²) in [5.74, 6) is 1.10. The highest BCUT2D eigenvalue weighted by Crippen LogP contribution is 2.48. The molecule has 4 aromatic heterocycles. The molecule has 0 aromatic carbocycles. The van der Waals surface area contributed by atoms with Crippen molar-refractivity contribution >= 4 is 16.9 Å². The lowest BCUT2D eigenvalue weighted by Crippen LogP contribution is -2.35. The Balaban J connectivity index is 1.18. The predicted octanol–water partition coefficient (Wildman–Crippen LogP) is 2.36. The van der Waals surface area contributed by atoms with Crippen LogP contribution >= 0.6 is 0 Å². The minimum absolute atomic E-state index is 0.0481. The monoisotopic (exact) mass is 472 g/mol. The normalized spacial score (nSPS) is 22.2. The SMILES string of the molecule is Cn1cnc2ncn(Cc3nc([C@@H]4CC5CC4CN5c4cncc(C(F)(F)F)c4)no3)c(=O)c21. The molecule has 34 heavy (non-hydrogen) atoms. The van der Waals surface area contributed by atoms with Crippen LogP contribution in [-0.4, -0.2) is 46.8 Å². The second-order valence-corrected chi connectivity index (χ2v) is 8.83. The van der Waals surface area contributed by atoms with Crippen LogP contribution in [0, 0.1) is 5.92 Å². The molecule has 3 atom stereocenters. The van der Waals surface area contributed by atoms with Gasteiger partial charge in [-0.3, -0.25) is 14.3 Å². The van der Waals surface area contributed by atoms with Gasteiger partial charge in [0.2, 0.25) is 5.89 Å². The molecule has 0 N–H and O–H groups in total. The fourth-order valence-electron chi connectivity index (χ4n) is 5.14. The summed E-state index contributed by atoms with van der Waals surface area (Å²) in [6, 6.07) is 1.24. The van der Waals surface area contributed by atoms with Gasteiger partial charge in [0.1, 0.15) is 12.9 Å². The Hall–Kier alpha value is -3.77. The van der Waals surface area contributed by atoms with Crippen molar-refractivity contribution in [2.45, 2.75) is 37.5 Å². The first-order valence-electron chi connectivity index (χ1n) is 10.8. The maximum Gasteiger partial charge on any atom is 0.417 e. The van der Waals surface area contributed by atoms with E-state index in [4.69, 9.17) is 4.52 Å². The van der Waals surface area contributed by atoms with E-state index < -0.39 is 11.7 Å². The van der Waals surface area contributed by atoms with E-state index in [1.807, 2.05) is 4.90 Å². The van der Waals surface area contributed by atoms with Gasteiger partial charge in [-0.1, -0.05) is 5.16 Å². The highest BCUT2D eigenvalue weighted by atomic mass is 19.4. The Morgan fingerprint density at radius 1 is 1.18 bits per heavy atom. The predicted molar refractivity (Wildman–Crippen MR) is 112 cm³/mol. The number of piperidine rings is 1. The molecule has 1 saturated heterocycles. The average Bonchev–Trinajstić information content (AvgIpc) is 3.59. The van der Waals surface area contributed by atoms with Crippen molar-refractivity contribution in [3.8, 4) is 0 Å². The number of fused-ring (bicyclic) bond motifs is 3. The van der Waals surface area contributed by atoms with Crippen LogP contribution in [0.15, 0.2) is 40.4 Å². The highest BCUT2D eigenvalue weighted by Gasteiger charge is 2.47. The number of aromatic nitrogens is 7. The first kappa shape index (κ1) is 20.8. The zero-order valence-corrected chi connectivity index (χ0v) is 18.0. The number of pyridine rings is 1. The van der Waals surface area contributed by atoms with Gasteiger partial charge in [-0.2, -0.15) is 18.2 Å². The highest BCUT2D eigenvalue weighted by molar-refractivity contribution is 5.68. The topological polar surface area (TPSA) is 108 Å². The molecule has 176 valence electrons. The fourth-order valence-corrected chi connectivity index (χ4v) is 5.14. The van der Waals surface area contributed by atoms with E-state index in [-0.39, 0.29) is 30.0 Å². The van der Waals surface area contributed by atoms with E-state index in [2.05, 4.69) is 25.1 Å². The van der Waals surface area contributed by atoms with Gasteiger partial charge in [-0.05, 0) is 24.8 Å². The smallest absolute Gasteiger partial charge is 0.367 e. The van der Waals surface area contributed by atoms with Gasteiger partial charge in [0.15, 0.2) is 17.0 Å². The van der Waals surface area contributed by atoms with Crippen LogP contribution in [-0.2, 0) is 19.8 Å². The van der Waals surface area contributed by atoms with Gasteiger partial charge in [0.25, 0.3) is 5.56 Å². The molecule has 0 amide bonds. The van der Waals surface area contributed by atoms with E-state index in [1.165, 1.54) is 23.4 Å². The zero-order chi connectivity index (χ0) is 23.6. The number of anilines is 1. The standard InChI is InChI=1S/C21H19F3N8O2/c1-30-9-26-19-17(30)20(33)31(10-27-19)8-16-28-18(29-34-16)15-4-13-2-11(15)7-32(13)14-3-12(5-25-6-14)21(22,23)24/h3,5-6,9-11,13,15H,2,4,7-8H2,1H3/t11?,13?,15-/m1/s1. The maximum atomic E-state index is 13.1. The molecule has 2 fully saturated rings. The summed E-state index contributed by atoms with van der Waals surface area (Å²) in [6.07, 6.45) is 2.37. The zero-order valence-electron chi connectivity index (χ0n) is 18.0. The molecular weight excluding hydrogens is 453 g/mol. The molecule has 2 aliphatic rings. The van der Waals surface area contributed by atoms with E-state index in [1.54, 1.807) is 11.6 Å². The van der Waals surface area contributed by atoms with Crippen LogP contribution in [0.3, 0.4) is 0 Å². The van der Waals surface area contributed by atoms with E-state index >= 15 is 0 Å². The summed E-state index contributed by atoms with van der Waals surface area (Å²) in [5.41, 5.74) is 0.236. The van der Waals surface area contributed by atoms with E-state index in [0.717, 1.165) is 18.7 Å². The molecule has 2 unspecified atom stereocenters. The van der Waals surface area contributed by atoms with Crippen LogP contribution in [0.25, 0.3) is 11.2 Å². The number of hydrogen-bond donors (Lipinski definition) is 0. The molecule has 4 aromatic rings. The van der Waals surface area contributed by atoms with Crippen LogP contribution in [0.1, 0.15) is 36.0 Å².